The van der Waals surface area contributed by atoms with Crippen LogP contribution >= 0.6 is 23.4 Å². The van der Waals surface area contributed by atoms with E-state index >= 15 is 0 Å². The van der Waals surface area contributed by atoms with Gasteiger partial charge in [0.15, 0.2) is 10.8 Å². The van der Waals surface area contributed by atoms with Crippen LogP contribution in [0.5, 0.6) is 0 Å². The van der Waals surface area contributed by atoms with Crippen LogP contribution in [0.1, 0.15) is 0 Å². The Morgan fingerprint density at radius 2 is 2.42 bits per heavy atom. The van der Waals surface area contributed by atoms with Gasteiger partial charge in [-0.1, -0.05) is 23.4 Å². The minimum Gasteiger partial charge on any atom is -0.233 e. The molecule has 0 radical (unpaired) electrons. The zero-order valence-corrected chi connectivity index (χ0v) is 7.80. The topological polar surface area (TPSA) is 43.1 Å². The molecule has 0 amide bonds. The van der Waals surface area contributed by atoms with Gasteiger partial charge in [-0.15, -0.1) is 5.10 Å². The normalized spacial score (nSPS) is 10.8. The van der Waals surface area contributed by atoms with Crippen LogP contribution in [0.3, 0.4) is 0 Å². The molecule has 0 aromatic carbocycles. The number of nitrogens with zero attached hydrogens (tertiary/aromatic N) is 4. The van der Waals surface area contributed by atoms with Gasteiger partial charge >= 0.3 is 0 Å². The van der Waals surface area contributed by atoms with Gasteiger partial charge in [-0.05, 0) is 6.26 Å². The molecule has 0 spiro atoms. The number of halogens is 1. The van der Waals surface area contributed by atoms with E-state index in [1.807, 2.05) is 6.26 Å². The summed E-state index contributed by atoms with van der Waals surface area (Å²) in [5.41, 5.74) is 0.592. The second-order valence-electron chi connectivity index (χ2n) is 2.08. The first kappa shape index (κ1) is 7.82. The smallest absolute Gasteiger partial charge is 0.208 e. The lowest BCUT2D eigenvalue weighted by molar-refractivity contribution is 0.795. The molecule has 4 nitrogen and oxygen atoms in total. The number of hydrogen-bond acceptors (Lipinski definition) is 4. The van der Waals surface area contributed by atoms with Crippen LogP contribution < -0.4 is 0 Å². The number of thioether (sulfide) groups is 1. The monoisotopic (exact) mass is 200 g/mol. The second kappa shape index (κ2) is 2.91. The summed E-state index contributed by atoms with van der Waals surface area (Å²) in [6.45, 7) is 0. The molecule has 0 aliphatic heterocycles. The van der Waals surface area contributed by atoms with Crippen LogP contribution in [0.4, 0.5) is 0 Å². The van der Waals surface area contributed by atoms with Crippen molar-refractivity contribution >= 4 is 29.0 Å². The van der Waals surface area contributed by atoms with Crippen LogP contribution in [0.25, 0.3) is 5.65 Å². The third kappa shape index (κ3) is 1.15. The molecule has 0 aliphatic carbocycles. The van der Waals surface area contributed by atoms with E-state index in [-0.39, 0.29) is 0 Å². The summed E-state index contributed by atoms with van der Waals surface area (Å²) < 4.78 is 1.61. The van der Waals surface area contributed by atoms with Crippen molar-refractivity contribution in [3.05, 3.63) is 17.5 Å². The van der Waals surface area contributed by atoms with E-state index in [0.29, 0.717) is 16.0 Å². The van der Waals surface area contributed by atoms with Crippen molar-refractivity contribution in [1.29, 1.82) is 0 Å². The molecule has 6 heteroatoms. The summed E-state index contributed by atoms with van der Waals surface area (Å²) >= 11 is 7.28. The predicted octanol–water partition coefficient (Wildman–Crippen LogP) is 1.50. The Kier molecular flexibility index (Phi) is 1.90. The number of rotatable bonds is 1. The quantitative estimate of drug-likeness (QED) is 0.655. The SMILES string of the molecule is CSc1nc(Cl)c2nccn2n1. The summed E-state index contributed by atoms with van der Waals surface area (Å²) in [6.07, 6.45) is 5.27. The summed E-state index contributed by atoms with van der Waals surface area (Å²) in [4.78, 5) is 8.02. The fourth-order valence-electron chi connectivity index (χ4n) is 0.860. The van der Waals surface area contributed by atoms with Crippen molar-refractivity contribution in [1.82, 2.24) is 19.6 Å². The molecule has 0 atom stereocenters. The Bertz CT molecular complexity index is 413. The van der Waals surface area contributed by atoms with E-state index in [1.165, 1.54) is 11.8 Å². The number of fused-ring (bicyclic) bond motifs is 1. The van der Waals surface area contributed by atoms with Crippen molar-refractivity contribution in [3.63, 3.8) is 0 Å². The lowest BCUT2D eigenvalue weighted by atomic mass is 10.8. The fourth-order valence-corrected chi connectivity index (χ4v) is 1.48. The minimum absolute atomic E-state index is 0.388. The molecule has 2 aromatic rings. The maximum absolute atomic E-state index is 5.83. The number of aromatic nitrogens is 4. The lowest BCUT2D eigenvalue weighted by Crippen LogP contribution is -1.96. The molecule has 0 bridgehead atoms. The Labute approximate surface area is 78.0 Å². The van der Waals surface area contributed by atoms with E-state index in [2.05, 4.69) is 15.1 Å². The Hall–Kier alpha value is -0.810. The Morgan fingerprint density at radius 3 is 3.17 bits per heavy atom. The third-order valence-electron chi connectivity index (χ3n) is 1.38. The molecule has 2 rings (SSSR count). The summed E-state index contributed by atoms with van der Waals surface area (Å²) in [5, 5.41) is 5.17. The van der Waals surface area contributed by atoms with Gasteiger partial charge in [0.05, 0.1) is 0 Å². The number of imidazole rings is 1. The fraction of sp³-hybridized carbons (Fsp3) is 0.167. The molecule has 0 fully saturated rings. The van der Waals surface area contributed by atoms with Crippen molar-refractivity contribution in [2.45, 2.75) is 5.16 Å². The highest BCUT2D eigenvalue weighted by molar-refractivity contribution is 7.98. The molecule has 0 saturated heterocycles. The van der Waals surface area contributed by atoms with E-state index < -0.39 is 0 Å². The van der Waals surface area contributed by atoms with Crippen LogP contribution in [-0.2, 0) is 0 Å². The molecule has 2 heterocycles. The molecular formula is C6H5ClN4S. The maximum atomic E-state index is 5.83. The van der Waals surface area contributed by atoms with E-state index in [0.717, 1.165) is 0 Å². The standard InChI is InChI=1S/C6H5ClN4S/c1-12-6-9-4(7)5-8-2-3-11(5)10-6/h2-3H,1H3. The summed E-state index contributed by atoms with van der Waals surface area (Å²) in [7, 11) is 0. The van der Waals surface area contributed by atoms with Crippen molar-refractivity contribution in [3.8, 4) is 0 Å². The predicted molar refractivity (Wildman–Crippen MR) is 47.6 cm³/mol. The average Bonchev–Trinajstić information content (AvgIpc) is 2.52. The highest BCUT2D eigenvalue weighted by Gasteiger charge is 2.04. The van der Waals surface area contributed by atoms with Crippen LogP contribution in [0.2, 0.25) is 5.15 Å². The Morgan fingerprint density at radius 1 is 1.58 bits per heavy atom. The molecule has 0 unspecified atom stereocenters. The van der Waals surface area contributed by atoms with Crippen LogP contribution in [0.15, 0.2) is 17.6 Å². The van der Waals surface area contributed by atoms with Crippen molar-refractivity contribution < 1.29 is 0 Å². The third-order valence-corrected chi connectivity index (χ3v) is 2.17. The van der Waals surface area contributed by atoms with Gasteiger partial charge in [-0.2, -0.15) is 0 Å². The molecule has 2 aromatic heterocycles. The largest absolute Gasteiger partial charge is 0.233 e. The molecule has 0 N–H and O–H groups in total. The van der Waals surface area contributed by atoms with Crippen molar-refractivity contribution in [2.24, 2.45) is 0 Å². The molecule has 0 saturated carbocycles. The zero-order valence-electron chi connectivity index (χ0n) is 6.23. The molecule has 12 heavy (non-hydrogen) atoms. The van der Waals surface area contributed by atoms with Crippen molar-refractivity contribution in [2.75, 3.05) is 6.26 Å². The average molecular weight is 201 g/mol. The first-order chi connectivity index (χ1) is 5.81. The summed E-state index contributed by atoms with van der Waals surface area (Å²) in [6, 6.07) is 0. The Balaban J connectivity index is 2.75. The first-order valence-electron chi connectivity index (χ1n) is 3.22. The van der Waals surface area contributed by atoms with Crippen LogP contribution in [-0.4, -0.2) is 25.8 Å². The second-order valence-corrected chi connectivity index (χ2v) is 3.22. The number of hydrogen-bond donors (Lipinski definition) is 0. The van der Waals surface area contributed by atoms with E-state index in [9.17, 15) is 0 Å². The highest BCUT2D eigenvalue weighted by atomic mass is 35.5. The maximum Gasteiger partial charge on any atom is 0.208 e. The zero-order chi connectivity index (χ0) is 8.55. The summed E-state index contributed by atoms with van der Waals surface area (Å²) in [5.74, 6) is 0. The van der Waals surface area contributed by atoms with Gasteiger partial charge in [0.1, 0.15) is 0 Å². The van der Waals surface area contributed by atoms with E-state index in [4.69, 9.17) is 11.6 Å². The minimum atomic E-state index is 0.388. The molecule has 62 valence electrons. The van der Waals surface area contributed by atoms with Gasteiger partial charge in [0, 0.05) is 12.4 Å². The molecular weight excluding hydrogens is 196 g/mol. The van der Waals surface area contributed by atoms with Gasteiger partial charge in [-0.25, -0.2) is 14.5 Å². The highest BCUT2D eigenvalue weighted by Crippen LogP contribution is 2.15. The van der Waals surface area contributed by atoms with Crippen LogP contribution in [0, 0.1) is 0 Å². The first-order valence-corrected chi connectivity index (χ1v) is 4.82. The van der Waals surface area contributed by atoms with E-state index in [1.54, 1.807) is 16.9 Å². The molecule has 0 aliphatic rings. The lowest BCUT2D eigenvalue weighted by Gasteiger charge is -1.97. The van der Waals surface area contributed by atoms with Gasteiger partial charge in [0.25, 0.3) is 0 Å². The van der Waals surface area contributed by atoms with Gasteiger partial charge < -0.3 is 0 Å². The van der Waals surface area contributed by atoms with Gasteiger partial charge in [0.2, 0.25) is 5.16 Å². The van der Waals surface area contributed by atoms with Gasteiger partial charge in [-0.3, -0.25) is 0 Å².